The van der Waals surface area contributed by atoms with Crippen LogP contribution in [-0.4, -0.2) is 72.1 Å². The lowest BCUT2D eigenvalue weighted by Crippen LogP contribution is -2.42. The molecule has 1 fully saturated rings. The number of H-pyrrole nitrogens is 1. The Morgan fingerprint density at radius 1 is 1.32 bits per heavy atom. The fourth-order valence-electron chi connectivity index (χ4n) is 3.45. The number of morpholine rings is 1. The minimum Gasteiger partial charge on any atom is -0.379 e. The van der Waals surface area contributed by atoms with Crippen LogP contribution in [0.1, 0.15) is 40.0 Å². The molecule has 6 heteroatoms. The van der Waals surface area contributed by atoms with Gasteiger partial charge in [0.1, 0.15) is 6.23 Å². The normalized spacial score (nSPS) is 24.0. The average Bonchev–Trinajstić information content (AvgIpc) is 2.77. The van der Waals surface area contributed by atoms with Gasteiger partial charge in [0.2, 0.25) is 0 Å². The van der Waals surface area contributed by atoms with E-state index in [1.165, 1.54) is 0 Å². The van der Waals surface area contributed by atoms with E-state index in [2.05, 4.69) is 14.8 Å². The van der Waals surface area contributed by atoms with Gasteiger partial charge in [-0.15, -0.1) is 0 Å². The maximum Gasteiger partial charge on any atom is 0.166 e. The van der Waals surface area contributed by atoms with Crippen LogP contribution in [0.4, 0.5) is 0 Å². The minimum absolute atomic E-state index is 0.596. The highest BCUT2D eigenvalue weighted by Crippen LogP contribution is 2.30. The van der Waals surface area contributed by atoms with Crippen LogP contribution >= 0.6 is 0 Å². The van der Waals surface area contributed by atoms with Crippen molar-refractivity contribution in [1.82, 2.24) is 14.8 Å². The van der Waals surface area contributed by atoms with Crippen molar-refractivity contribution in [3.8, 4) is 0 Å². The monoisotopic (exact) mass is 307 g/mol. The molecule has 0 aromatic carbocycles. The lowest BCUT2D eigenvalue weighted by Gasteiger charge is -2.31. The molecule has 1 aromatic rings. The molecule has 3 heterocycles. The first-order valence-corrected chi connectivity index (χ1v) is 8.09. The van der Waals surface area contributed by atoms with E-state index in [4.69, 9.17) is 4.74 Å². The fourth-order valence-corrected chi connectivity index (χ4v) is 3.45. The Balaban J connectivity index is 1.70. The van der Waals surface area contributed by atoms with E-state index in [-0.39, 0.29) is 0 Å². The van der Waals surface area contributed by atoms with Gasteiger partial charge in [-0.1, -0.05) is 0 Å². The molecule has 0 spiro atoms. The fraction of sp³-hybridized carbons (Fsp3) is 0.688. The van der Waals surface area contributed by atoms with Crippen LogP contribution in [0.5, 0.6) is 0 Å². The molecule has 0 bridgehead atoms. The number of ether oxygens (including phenoxy) is 1. The van der Waals surface area contributed by atoms with Crippen LogP contribution < -0.4 is 0 Å². The van der Waals surface area contributed by atoms with E-state index in [1.54, 1.807) is 0 Å². The summed E-state index contributed by atoms with van der Waals surface area (Å²) >= 11 is 0. The lowest BCUT2D eigenvalue weighted by molar-refractivity contribution is -0.0130. The van der Waals surface area contributed by atoms with Crippen LogP contribution in [0.3, 0.4) is 0 Å². The second kappa shape index (κ2) is 6.91. The van der Waals surface area contributed by atoms with Crippen molar-refractivity contribution in [3.63, 3.8) is 0 Å². The third kappa shape index (κ3) is 3.10. The molecule has 6 nitrogen and oxygen atoms in total. The summed E-state index contributed by atoms with van der Waals surface area (Å²) in [6, 6.07) is 0. The maximum atomic E-state index is 11.1. The van der Waals surface area contributed by atoms with E-state index >= 15 is 0 Å². The number of aryl methyl sites for hydroxylation is 1. The average molecular weight is 307 g/mol. The van der Waals surface area contributed by atoms with Gasteiger partial charge in [0, 0.05) is 44.0 Å². The summed E-state index contributed by atoms with van der Waals surface area (Å²) in [4.78, 5) is 18.8. The van der Waals surface area contributed by atoms with Crippen LogP contribution in [0.15, 0.2) is 0 Å². The first kappa shape index (κ1) is 15.7. The van der Waals surface area contributed by atoms with E-state index in [0.29, 0.717) is 5.69 Å². The van der Waals surface area contributed by atoms with Crippen molar-refractivity contribution in [2.24, 2.45) is 0 Å². The molecule has 1 saturated heterocycles. The Kier molecular flexibility index (Phi) is 4.93. The predicted molar refractivity (Wildman–Crippen MR) is 83.0 cm³/mol. The van der Waals surface area contributed by atoms with Gasteiger partial charge in [0.05, 0.1) is 18.9 Å². The summed E-state index contributed by atoms with van der Waals surface area (Å²) in [7, 11) is 0. The van der Waals surface area contributed by atoms with Crippen LogP contribution in [0, 0.1) is 6.92 Å². The molecular weight excluding hydrogens is 282 g/mol. The van der Waals surface area contributed by atoms with Gasteiger partial charge in [-0.25, -0.2) is 0 Å². The summed E-state index contributed by atoms with van der Waals surface area (Å²) in [5.74, 6) is 0. The van der Waals surface area contributed by atoms with Crippen molar-refractivity contribution in [2.45, 2.75) is 26.0 Å². The Morgan fingerprint density at radius 3 is 2.82 bits per heavy atom. The van der Waals surface area contributed by atoms with Gasteiger partial charge in [-0.05, 0) is 25.3 Å². The lowest BCUT2D eigenvalue weighted by atomic mass is 10.1. The highest BCUT2D eigenvalue weighted by Gasteiger charge is 2.28. The quantitative estimate of drug-likeness (QED) is 0.802. The van der Waals surface area contributed by atoms with Crippen molar-refractivity contribution in [2.75, 3.05) is 45.9 Å². The summed E-state index contributed by atoms with van der Waals surface area (Å²) < 4.78 is 5.37. The van der Waals surface area contributed by atoms with Crippen molar-refractivity contribution < 1.29 is 14.6 Å². The van der Waals surface area contributed by atoms with Crippen LogP contribution in [0.25, 0.3) is 0 Å². The summed E-state index contributed by atoms with van der Waals surface area (Å²) in [5.41, 5.74) is 3.40. The SMILES string of the molecule is Cc1c(C=O)[nH]c2c1C(O)N(CCN1CCOCC1)CCC2. The number of aldehydes is 1. The molecule has 3 rings (SSSR count). The summed E-state index contributed by atoms with van der Waals surface area (Å²) in [6.07, 6.45) is 2.10. The second-order valence-corrected chi connectivity index (χ2v) is 6.14. The number of aliphatic hydroxyl groups is 1. The molecule has 0 aliphatic carbocycles. The zero-order valence-electron chi connectivity index (χ0n) is 13.2. The molecule has 2 aliphatic heterocycles. The third-order valence-corrected chi connectivity index (χ3v) is 4.82. The number of rotatable bonds is 4. The van der Waals surface area contributed by atoms with Crippen molar-refractivity contribution in [1.29, 1.82) is 0 Å². The first-order valence-electron chi connectivity index (χ1n) is 8.09. The Morgan fingerprint density at radius 2 is 2.09 bits per heavy atom. The second-order valence-electron chi connectivity index (χ2n) is 6.14. The Labute approximate surface area is 131 Å². The first-order chi connectivity index (χ1) is 10.7. The topological polar surface area (TPSA) is 68.8 Å². The molecule has 1 unspecified atom stereocenters. The summed E-state index contributed by atoms with van der Waals surface area (Å²) in [5, 5.41) is 10.8. The van der Waals surface area contributed by atoms with E-state index in [0.717, 1.165) is 81.9 Å². The van der Waals surface area contributed by atoms with Gasteiger partial charge >= 0.3 is 0 Å². The number of aliphatic hydroxyl groups excluding tert-OH is 1. The number of nitrogens with zero attached hydrogens (tertiary/aromatic N) is 2. The smallest absolute Gasteiger partial charge is 0.166 e. The van der Waals surface area contributed by atoms with E-state index in [9.17, 15) is 9.90 Å². The zero-order chi connectivity index (χ0) is 15.5. The predicted octanol–water partition coefficient (Wildman–Crippen LogP) is 0.707. The highest BCUT2D eigenvalue weighted by atomic mass is 16.5. The van der Waals surface area contributed by atoms with Gasteiger partial charge in [0.25, 0.3) is 0 Å². The molecule has 2 aliphatic rings. The van der Waals surface area contributed by atoms with E-state index in [1.807, 2.05) is 6.92 Å². The van der Waals surface area contributed by atoms with Crippen LogP contribution in [-0.2, 0) is 11.2 Å². The Bertz CT molecular complexity index is 523. The summed E-state index contributed by atoms with van der Waals surface area (Å²) in [6.45, 7) is 8.10. The maximum absolute atomic E-state index is 11.1. The van der Waals surface area contributed by atoms with Crippen molar-refractivity contribution in [3.05, 3.63) is 22.5 Å². The van der Waals surface area contributed by atoms with Gasteiger partial charge < -0.3 is 14.8 Å². The molecule has 0 radical (unpaired) electrons. The number of hydrogen-bond donors (Lipinski definition) is 2. The molecule has 0 amide bonds. The van der Waals surface area contributed by atoms with Gasteiger partial charge in [-0.3, -0.25) is 14.6 Å². The highest BCUT2D eigenvalue weighted by molar-refractivity contribution is 5.76. The zero-order valence-corrected chi connectivity index (χ0v) is 13.2. The number of aromatic amines is 1. The molecule has 2 N–H and O–H groups in total. The molecule has 1 atom stereocenters. The molecule has 0 saturated carbocycles. The number of nitrogens with one attached hydrogen (secondary N) is 1. The third-order valence-electron chi connectivity index (χ3n) is 4.82. The van der Waals surface area contributed by atoms with Crippen molar-refractivity contribution >= 4 is 6.29 Å². The van der Waals surface area contributed by atoms with E-state index < -0.39 is 6.23 Å². The molecule has 122 valence electrons. The number of carbonyl (C=O) groups excluding carboxylic acids is 1. The number of fused-ring (bicyclic) bond motifs is 1. The molecule has 1 aromatic heterocycles. The number of carbonyl (C=O) groups is 1. The van der Waals surface area contributed by atoms with Crippen LogP contribution in [0.2, 0.25) is 0 Å². The number of aromatic nitrogens is 1. The standard InChI is InChI=1S/C16H25N3O3/c1-12-14(11-20)17-13-3-2-4-19(16(21)15(12)13)6-5-18-7-9-22-10-8-18/h11,16-17,21H,2-10H2,1H3. The minimum atomic E-state index is -0.622. The Hall–Kier alpha value is -1.21. The van der Waals surface area contributed by atoms with Gasteiger partial charge in [0.15, 0.2) is 6.29 Å². The molecular formula is C16H25N3O3. The van der Waals surface area contributed by atoms with Gasteiger partial charge in [-0.2, -0.15) is 0 Å². The molecule has 22 heavy (non-hydrogen) atoms. The largest absolute Gasteiger partial charge is 0.379 e. The number of hydrogen-bond acceptors (Lipinski definition) is 5.